The first kappa shape index (κ1) is 22.5. The summed E-state index contributed by atoms with van der Waals surface area (Å²) in [6, 6.07) is 7.45. The SMILES string of the molecule is Cc1ccc(C2C(=C([O-])c3ccc4c(c3)OCCO4)C(=O)C(=O)N2CCC[NH+]2CCOCC2)o1. The maximum atomic E-state index is 13.6. The third-order valence-electron chi connectivity index (χ3n) is 6.49. The number of quaternary nitrogens is 1. The number of benzene rings is 1. The van der Waals surface area contributed by atoms with Crippen LogP contribution in [0.1, 0.15) is 29.5 Å². The zero-order valence-corrected chi connectivity index (χ0v) is 19.1. The fourth-order valence-electron chi connectivity index (χ4n) is 4.75. The number of amides is 1. The summed E-state index contributed by atoms with van der Waals surface area (Å²) in [6.07, 6.45) is 0.704. The van der Waals surface area contributed by atoms with Crippen molar-refractivity contribution in [2.24, 2.45) is 0 Å². The average molecular weight is 469 g/mol. The Labute approximate surface area is 197 Å². The van der Waals surface area contributed by atoms with Crippen molar-refractivity contribution in [2.75, 3.05) is 52.6 Å². The van der Waals surface area contributed by atoms with Crippen LogP contribution < -0.4 is 19.5 Å². The number of carbonyl (C=O) groups is 2. The van der Waals surface area contributed by atoms with Gasteiger partial charge in [0.25, 0.3) is 5.91 Å². The molecule has 3 aliphatic rings. The molecule has 1 N–H and O–H groups in total. The maximum absolute atomic E-state index is 13.6. The number of morpholine rings is 1. The number of nitrogens with zero attached hydrogens (tertiary/aromatic N) is 1. The van der Waals surface area contributed by atoms with Crippen molar-refractivity contribution in [3.63, 3.8) is 0 Å². The van der Waals surface area contributed by atoms with Gasteiger partial charge in [-0.1, -0.05) is 11.8 Å². The molecule has 1 aromatic carbocycles. The molecule has 2 saturated heterocycles. The van der Waals surface area contributed by atoms with Crippen LogP contribution in [0.2, 0.25) is 0 Å². The highest BCUT2D eigenvalue weighted by molar-refractivity contribution is 6.46. The van der Waals surface area contributed by atoms with Crippen molar-refractivity contribution in [2.45, 2.75) is 19.4 Å². The molecule has 5 rings (SSSR count). The molecule has 0 radical (unpaired) electrons. The summed E-state index contributed by atoms with van der Waals surface area (Å²) in [4.78, 5) is 29.0. The maximum Gasteiger partial charge on any atom is 0.295 e. The highest BCUT2D eigenvalue weighted by Crippen LogP contribution is 2.40. The Bertz CT molecular complexity index is 1120. The van der Waals surface area contributed by atoms with Crippen LogP contribution in [0.15, 0.2) is 40.3 Å². The summed E-state index contributed by atoms with van der Waals surface area (Å²) in [6.45, 7) is 7.13. The van der Waals surface area contributed by atoms with Crippen molar-refractivity contribution in [3.8, 4) is 11.5 Å². The molecule has 1 amide bonds. The first-order chi connectivity index (χ1) is 16.5. The van der Waals surface area contributed by atoms with Crippen LogP contribution >= 0.6 is 0 Å². The Morgan fingerprint density at radius 2 is 1.82 bits per heavy atom. The third kappa shape index (κ3) is 4.28. The van der Waals surface area contributed by atoms with Crippen molar-refractivity contribution < 1.29 is 38.2 Å². The van der Waals surface area contributed by atoms with E-state index in [1.54, 1.807) is 37.3 Å². The molecule has 9 heteroatoms. The lowest BCUT2D eigenvalue weighted by Gasteiger charge is -2.28. The number of furan rings is 1. The van der Waals surface area contributed by atoms with Crippen LogP contribution in [0, 0.1) is 6.92 Å². The molecule has 1 atom stereocenters. The monoisotopic (exact) mass is 468 g/mol. The predicted molar refractivity (Wildman–Crippen MR) is 118 cm³/mol. The van der Waals surface area contributed by atoms with Gasteiger partial charge < -0.3 is 33.5 Å². The molecule has 0 spiro atoms. The van der Waals surface area contributed by atoms with E-state index in [9.17, 15) is 14.7 Å². The van der Waals surface area contributed by atoms with Crippen molar-refractivity contribution in [1.29, 1.82) is 0 Å². The second-order valence-corrected chi connectivity index (χ2v) is 8.75. The van der Waals surface area contributed by atoms with Gasteiger partial charge in [-0.15, -0.1) is 0 Å². The van der Waals surface area contributed by atoms with E-state index in [4.69, 9.17) is 18.6 Å². The van der Waals surface area contributed by atoms with Gasteiger partial charge in [-0.3, -0.25) is 9.59 Å². The number of fused-ring (bicyclic) bond motifs is 1. The van der Waals surface area contributed by atoms with Gasteiger partial charge in [0.1, 0.15) is 43.9 Å². The van der Waals surface area contributed by atoms with Gasteiger partial charge in [0, 0.05) is 18.5 Å². The van der Waals surface area contributed by atoms with Gasteiger partial charge in [-0.25, -0.2) is 0 Å². The van der Waals surface area contributed by atoms with E-state index in [0.29, 0.717) is 49.2 Å². The number of ketones is 1. The molecule has 1 unspecified atom stereocenters. The number of rotatable bonds is 6. The van der Waals surface area contributed by atoms with Crippen LogP contribution in [0.4, 0.5) is 0 Å². The zero-order valence-electron chi connectivity index (χ0n) is 19.1. The second kappa shape index (κ2) is 9.52. The minimum Gasteiger partial charge on any atom is -0.872 e. The van der Waals surface area contributed by atoms with E-state index in [1.807, 2.05) is 0 Å². The molecule has 4 heterocycles. The van der Waals surface area contributed by atoms with Gasteiger partial charge in [-0.05, 0) is 36.8 Å². The summed E-state index contributed by atoms with van der Waals surface area (Å²) in [5.41, 5.74) is 0.183. The smallest absolute Gasteiger partial charge is 0.295 e. The molecule has 34 heavy (non-hydrogen) atoms. The molecule has 180 valence electrons. The van der Waals surface area contributed by atoms with Gasteiger partial charge in [0.2, 0.25) is 5.78 Å². The lowest BCUT2D eigenvalue weighted by atomic mass is 9.99. The van der Waals surface area contributed by atoms with Crippen LogP contribution in [0.5, 0.6) is 11.5 Å². The molecule has 9 nitrogen and oxygen atoms in total. The van der Waals surface area contributed by atoms with E-state index < -0.39 is 23.5 Å². The molecule has 1 aromatic heterocycles. The fraction of sp³-hybridized carbons (Fsp3) is 0.440. The van der Waals surface area contributed by atoms with E-state index in [0.717, 1.165) is 32.8 Å². The molecule has 3 aliphatic heterocycles. The number of carbonyl (C=O) groups excluding carboxylic acids is 2. The minimum atomic E-state index is -0.853. The number of ether oxygens (including phenoxy) is 3. The molecule has 2 fully saturated rings. The molecular weight excluding hydrogens is 440 g/mol. The first-order valence-corrected chi connectivity index (χ1v) is 11.7. The van der Waals surface area contributed by atoms with E-state index in [1.165, 1.54) is 9.80 Å². The normalized spacial score (nSPS) is 22.4. The molecule has 0 aliphatic carbocycles. The van der Waals surface area contributed by atoms with Crippen LogP contribution in [-0.2, 0) is 14.3 Å². The fourth-order valence-corrected chi connectivity index (χ4v) is 4.75. The molecular formula is C25H28N2O7. The zero-order chi connectivity index (χ0) is 23.7. The summed E-state index contributed by atoms with van der Waals surface area (Å²) in [5, 5.41) is 13.6. The highest BCUT2D eigenvalue weighted by atomic mass is 16.6. The Balaban J connectivity index is 1.46. The Kier molecular flexibility index (Phi) is 6.30. The van der Waals surface area contributed by atoms with Crippen molar-refractivity contribution in [1.82, 2.24) is 4.90 Å². The lowest BCUT2D eigenvalue weighted by molar-refractivity contribution is -0.908. The number of hydrogen-bond acceptors (Lipinski definition) is 7. The third-order valence-corrected chi connectivity index (χ3v) is 6.49. The van der Waals surface area contributed by atoms with Gasteiger partial charge in [0.05, 0.1) is 19.8 Å². The Hall–Kier alpha value is -3.30. The first-order valence-electron chi connectivity index (χ1n) is 11.7. The Morgan fingerprint density at radius 1 is 1.06 bits per heavy atom. The molecule has 0 saturated carbocycles. The molecule has 0 bridgehead atoms. The summed E-state index contributed by atoms with van der Waals surface area (Å²) < 4.78 is 22.3. The topological polar surface area (TPSA) is 106 Å². The van der Waals surface area contributed by atoms with E-state index in [-0.39, 0.29) is 11.1 Å². The number of aryl methyl sites for hydroxylation is 1. The van der Waals surface area contributed by atoms with Gasteiger partial charge in [0.15, 0.2) is 11.5 Å². The number of nitrogens with one attached hydrogen (secondary N) is 1. The highest BCUT2D eigenvalue weighted by Gasteiger charge is 2.45. The van der Waals surface area contributed by atoms with Crippen LogP contribution in [0.25, 0.3) is 5.76 Å². The lowest BCUT2D eigenvalue weighted by Crippen LogP contribution is -3.14. The molecule has 2 aromatic rings. The summed E-state index contributed by atoms with van der Waals surface area (Å²) in [5.74, 6) is 0.101. The summed E-state index contributed by atoms with van der Waals surface area (Å²) in [7, 11) is 0. The number of hydrogen-bond donors (Lipinski definition) is 1. The van der Waals surface area contributed by atoms with E-state index >= 15 is 0 Å². The van der Waals surface area contributed by atoms with Crippen molar-refractivity contribution >= 4 is 17.4 Å². The van der Waals surface area contributed by atoms with Gasteiger partial charge >= 0.3 is 0 Å². The Morgan fingerprint density at radius 3 is 2.56 bits per heavy atom. The van der Waals surface area contributed by atoms with Gasteiger partial charge in [-0.2, -0.15) is 0 Å². The van der Waals surface area contributed by atoms with Crippen LogP contribution in [-0.4, -0.2) is 69.2 Å². The average Bonchev–Trinajstić information content (AvgIpc) is 3.40. The number of likely N-dealkylation sites (tertiary alicyclic amines) is 1. The minimum absolute atomic E-state index is 0.0882. The van der Waals surface area contributed by atoms with Crippen LogP contribution in [0.3, 0.4) is 0 Å². The quantitative estimate of drug-likeness (QED) is 0.358. The standard InChI is InChI=1S/C25H28N2O7/c1-16-3-5-19(34-16)22-21(23(28)17-4-6-18-20(15-17)33-14-13-32-18)24(29)25(30)27(22)8-2-7-26-9-11-31-12-10-26/h3-6,15,22,28H,2,7-14H2,1H3. The van der Waals surface area contributed by atoms with Crippen molar-refractivity contribution in [3.05, 3.63) is 53.0 Å². The predicted octanol–water partition coefficient (Wildman–Crippen LogP) is -0.112. The summed E-state index contributed by atoms with van der Waals surface area (Å²) >= 11 is 0. The number of Topliss-reactive ketones (excluding diaryl/α,β-unsaturated/α-hetero) is 1. The largest absolute Gasteiger partial charge is 0.872 e. The van der Waals surface area contributed by atoms with E-state index in [2.05, 4.69) is 0 Å². The second-order valence-electron chi connectivity index (χ2n) is 8.75.